The molecule has 0 aliphatic heterocycles. The zero-order chi connectivity index (χ0) is 17.5. The van der Waals surface area contributed by atoms with Crippen LogP contribution < -0.4 is 15.4 Å². The number of ether oxygens (including phenoxy) is 1. The summed E-state index contributed by atoms with van der Waals surface area (Å²) >= 11 is 0. The molecule has 132 valence electrons. The average Bonchev–Trinajstić information content (AvgIpc) is 3.30. The van der Waals surface area contributed by atoms with Gasteiger partial charge in [-0.15, -0.1) is 0 Å². The van der Waals surface area contributed by atoms with Crippen LogP contribution in [0.2, 0.25) is 0 Å². The molecular formula is C19H28N2O3. The molecule has 3 atom stereocenters. The van der Waals surface area contributed by atoms with Crippen LogP contribution in [0.4, 0.5) is 0 Å². The molecule has 1 aromatic rings. The van der Waals surface area contributed by atoms with E-state index in [4.69, 9.17) is 4.74 Å². The summed E-state index contributed by atoms with van der Waals surface area (Å²) in [7, 11) is 1.65. The number of hydrogen-bond donors (Lipinski definition) is 2. The second-order valence-corrected chi connectivity index (χ2v) is 6.72. The second kappa shape index (κ2) is 8.71. The molecule has 0 saturated heterocycles. The van der Waals surface area contributed by atoms with Gasteiger partial charge < -0.3 is 15.4 Å². The molecular weight excluding hydrogens is 304 g/mol. The first-order valence-electron chi connectivity index (χ1n) is 8.69. The van der Waals surface area contributed by atoms with Crippen molar-refractivity contribution < 1.29 is 14.3 Å². The Labute approximate surface area is 144 Å². The summed E-state index contributed by atoms with van der Waals surface area (Å²) in [6.45, 7) is 4.49. The number of carbonyl (C=O) groups excluding carboxylic acids is 2. The van der Waals surface area contributed by atoms with Crippen LogP contribution in [-0.4, -0.2) is 31.5 Å². The van der Waals surface area contributed by atoms with Crippen LogP contribution in [0.5, 0.6) is 5.75 Å². The van der Waals surface area contributed by atoms with Crippen molar-refractivity contribution in [2.75, 3.05) is 13.7 Å². The molecule has 3 unspecified atom stereocenters. The summed E-state index contributed by atoms with van der Waals surface area (Å²) in [6.07, 6.45) is 3.09. The highest BCUT2D eigenvalue weighted by atomic mass is 16.5. The molecule has 2 amide bonds. The molecule has 0 heterocycles. The summed E-state index contributed by atoms with van der Waals surface area (Å²) in [5.74, 6) is 1.58. The molecule has 0 spiro atoms. The highest BCUT2D eigenvalue weighted by molar-refractivity contribution is 5.82. The Morgan fingerprint density at radius 3 is 2.54 bits per heavy atom. The molecule has 2 N–H and O–H groups in total. The monoisotopic (exact) mass is 332 g/mol. The van der Waals surface area contributed by atoms with Gasteiger partial charge in [-0.2, -0.15) is 0 Å². The van der Waals surface area contributed by atoms with Crippen molar-refractivity contribution in [3.8, 4) is 5.75 Å². The standard InChI is InChI=1S/C19H28N2O3/c1-13-12-17(13)19(23)20-11-10-18(22)21-14(2)4-5-15-6-8-16(24-3)9-7-15/h6-9,13-14,17H,4-5,10-12H2,1-3H3,(H,20,23)(H,21,22). The highest BCUT2D eigenvalue weighted by Crippen LogP contribution is 2.37. The van der Waals surface area contributed by atoms with Gasteiger partial charge in [0.2, 0.25) is 11.8 Å². The van der Waals surface area contributed by atoms with Gasteiger partial charge in [-0.05, 0) is 49.8 Å². The number of rotatable bonds is 9. The van der Waals surface area contributed by atoms with Crippen LogP contribution in [0.1, 0.15) is 38.7 Å². The van der Waals surface area contributed by atoms with Crippen molar-refractivity contribution >= 4 is 11.8 Å². The second-order valence-electron chi connectivity index (χ2n) is 6.72. The van der Waals surface area contributed by atoms with Crippen molar-refractivity contribution in [1.82, 2.24) is 10.6 Å². The van der Waals surface area contributed by atoms with E-state index in [9.17, 15) is 9.59 Å². The number of nitrogens with one attached hydrogen (secondary N) is 2. The van der Waals surface area contributed by atoms with Gasteiger partial charge >= 0.3 is 0 Å². The molecule has 1 aliphatic carbocycles. The van der Waals surface area contributed by atoms with Crippen molar-refractivity contribution in [1.29, 1.82) is 0 Å². The lowest BCUT2D eigenvalue weighted by Crippen LogP contribution is -2.36. The third-order valence-electron chi connectivity index (χ3n) is 4.53. The van der Waals surface area contributed by atoms with Crippen LogP contribution >= 0.6 is 0 Å². The number of carbonyl (C=O) groups is 2. The Hall–Kier alpha value is -2.04. The van der Waals surface area contributed by atoms with Gasteiger partial charge in [0.1, 0.15) is 5.75 Å². The summed E-state index contributed by atoms with van der Waals surface area (Å²) in [6, 6.07) is 8.09. The Morgan fingerprint density at radius 1 is 1.29 bits per heavy atom. The van der Waals surface area contributed by atoms with Gasteiger partial charge in [0.15, 0.2) is 0 Å². The normalized spacial score (nSPS) is 20.1. The fourth-order valence-corrected chi connectivity index (χ4v) is 2.71. The highest BCUT2D eigenvalue weighted by Gasteiger charge is 2.38. The van der Waals surface area contributed by atoms with E-state index in [1.165, 1.54) is 5.56 Å². The van der Waals surface area contributed by atoms with Gasteiger partial charge in [-0.3, -0.25) is 9.59 Å². The van der Waals surface area contributed by atoms with E-state index in [0.717, 1.165) is 25.0 Å². The number of amides is 2. The maximum absolute atomic E-state index is 11.9. The number of hydrogen-bond acceptors (Lipinski definition) is 3. The molecule has 0 bridgehead atoms. The van der Waals surface area contributed by atoms with Crippen LogP contribution in [0.25, 0.3) is 0 Å². The lowest BCUT2D eigenvalue weighted by atomic mass is 10.1. The molecule has 0 radical (unpaired) electrons. The third-order valence-corrected chi connectivity index (χ3v) is 4.53. The van der Waals surface area contributed by atoms with E-state index in [1.807, 2.05) is 31.2 Å². The molecule has 0 aromatic heterocycles. The quantitative estimate of drug-likeness (QED) is 0.729. The first kappa shape index (κ1) is 18.3. The van der Waals surface area contributed by atoms with E-state index in [2.05, 4.69) is 17.6 Å². The van der Waals surface area contributed by atoms with Gasteiger partial charge in [-0.25, -0.2) is 0 Å². The van der Waals surface area contributed by atoms with Gasteiger partial charge in [0.05, 0.1) is 7.11 Å². The van der Waals surface area contributed by atoms with Gasteiger partial charge in [0, 0.05) is 24.9 Å². The average molecular weight is 332 g/mol. The van der Waals surface area contributed by atoms with Crippen molar-refractivity contribution in [2.24, 2.45) is 11.8 Å². The van der Waals surface area contributed by atoms with Gasteiger partial charge in [0.25, 0.3) is 0 Å². The SMILES string of the molecule is COc1ccc(CCC(C)NC(=O)CCNC(=O)C2CC2C)cc1. The van der Waals surface area contributed by atoms with E-state index in [-0.39, 0.29) is 23.8 Å². The summed E-state index contributed by atoms with van der Waals surface area (Å²) in [4.78, 5) is 23.6. The predicted octanol–water partition coefficient (Wildman–Crippen LogP) is 2.29. The number of aryl methyl sites for hydroxylation is 1. The van der Waals surface area contributed by atoms with E-state index >= 15 is 0 Å². The summed E-state index contributed by atoms with van der Waals surface area (Å²) in [5.41, 5.74) is 1.22. The molecule has 1 aliphatic rings. The minimum atomic E-state index is -0.0126. The molecule has 1 saturated carbocycles. The first-order valence-corrected chi connectivity index (χ1v) is 8.69. The first-order chi connectivity index (χ1) is 11.5. The van der Waals surface area contributed by atoms with Crippen LogP contribution in [0, 0.1) is 11.8 Å². The minimum Gasteiger partial charge on any atom is -0.497 e. The lowest BCUT2D eigenvalue weighted by molar-refractivity contribution is -0.123. The van der Waals surface area contributed by atoms with Crippen molar-refractivity contribution in [3.05, 3.63) is 29.8 Å². The van der Waals surface area contributed by atoms with Crippen molar-refractivity contribution in [2.45, 2.75) is 45.6 Å². The molecule has 1 aromatic carbocycles. The number of benzene rings is 1. The maximum atomic E-state index is 11.9. The van der Waals surface area contributed by atoms with Crippen molar-refractivity contribution in [3.63, 3.8) is 0 Å². The maximum Gasteiger partial charge on any atom is 0.223 e. The molecule has 5 nitrogen and oxygen atoms in total. The topological polar surface area (TPSA) is 67.4 Å². The van der Waals surface area contributed by atoms with E-state index in [0.29, 0.717) is 18.9 Å². The predicted molar refractivity (Wildman–Crippen MR) is 93.8 cm³/mol. The van der Waals surface area contributed by atoms with Gasteiger partial charge in [-0.1, -0.05) is 19.1 Å². The summed E-state index contributed by atoms with van der Waals surface area (Å²) in [5, 5.41) is 5.82. The number of methoxy groups -OCH3 is 1. The Bertz CT molecular complexity index is 556. The minimum absolute atomic E-state index is 0.0126. The molecule has 2 rings (SSSR count). The molecule has 5 heteroatoms. The summed E-state index contributed by atoms with van der Waals surface area (Å²) < 4.78 is 5.14. The fraction of sp³-hybridized carbons (Fsp3) is 0.579. The van der Waals surface area contributed by atoms with Crippen LogP contribution in [0.15, 0.2) is 24.3 Å². The molecule has 1 fully saturated rings. The zero-order valence-corrected chi connectivity index (χ0v) is 14.8. The van der Waals surface area contributed by atoms with E-state index in [1.54, 1.807) is 7.11 Å². The Kier molecular flexibility index (Phi) is 6.64. The van der Waals surface area contributed by atoms with Crippen LogP contribution in [-0.2, 0) is 16.0 Å². The zero-order valence-electron chi connectivity index (χ0n) is 14.8. The largest absolute Gasteiger partial charge is 0.497 e. The Morgan fingerprint density at radius 2 is 1.96 bits per heavy atom. The smallest absolute Gasteiger partial charge is 0.223 e. The van der Waals surface area contributed by atoms with Crippen LogP contribution in [0.3, 0.4) is 0 Å². The lowest BCUT2D eigenvalue weighted by Gasteiger charge is -2.14. The van der Waals surface area contributed by atoms with E-state index < -0.39 is 0 Å². The molecule has 24 heavy (non-hydrogen) atoms. The fourth-order valence-electron chi connectivity index (χ4n) is 2.71. The Balaban J connectivity index is 1.59. The third kappa shape index (κ3) is 5.87.